The smallest absolute Gasteiger partial charge is 0.406 e. The summed E-state index contributed by atoms with van der Waals surface area (Å²) in [6.45, 7) is 0.815. The van der Waals surface area contributed by atoms with Crippen molar-refractivity contribution in [3.63, 3.8) is 0 Å². The van der Waals surface area contributed by atoms with Crippen LogP contribution in [0, 0.1) is 5.82 Å². The van der Waals surface area contributed by atoms with Gasteiger partial charge in [-0.05, 0) is 69.9 Å². The molecule has 4 aromatic rings. The van der Waals surface area contributed by atoms with Crippen LogP contribution in [0.4, 0.5) is 17.6 Å². The number of aryl methyl sites for hydroxylation is 1. The zero-order chi connectivity index (χ0) is 28.3. The molecule has 4 rings (SSSR count). The number of rotatable bonds is 10. The highest BCUT2D eigenvalue weighted by Gasteiger charge is 2.31. The third-order valence-corrected chi connectivity index (χ3v) is 7.35. The van der Waals surface area contributed by atoms with Gasteiger partial charge in [0.15, 0.2) is 11.2 Å². The summed E-state index contributed by atoms with van der Waals surface area (Å²) in [4.78, 5) is 31.1. The Balaban J connectivity index is 1.86. The first-order valence-corrected chi connectivity index (χ1v) is 15.8. The molecule has 0 bridgehead atoms. The molecule has 0 saturated carbocycles. The third-order valence-electron chi connectivity index (χ3n) is 5.85. The Hall–Kier alpha value is -2.48. The quantitative estimate of drug-likeness (QED) is 0.0937. The van der Waals surface area contributed by atoms with Gasteiger partial charge < -0.3 is 13.8 Å². The molecular formula is C24H21ClF4IN4O4P. The van der Waals surface area contributed by atoms with Gasteiger partial charge in [0, 0.05) is 31.6 Å². The second-order valence-corrected chi connectivity index (χ2v) is 10.7. The number of halogens is 6. The van der Waals surface area contributed by atoms with E-state index in [1.165, 1.54) is 16.2 Å². The van der Waals surface area contributed by atoms with Crippen LogP contribution in [0.25, 0.3) is 11.2 Å². The summed E-state index contributed by atoms with van der Waals surface area (Å²) in [5, 5.41) is 0.497. The number of ether oxygens (including phenoxy) is 1. The number of benzene rings is 2. The van der Waals surface area contributed by atoms with Crippen LogP contribution < -0.4 is 16.0 Å². The molecule has 2 heterocycles. The first kappa shape index (κ1) is 29.5. The van der Waals surface area contributed by atoms with Gasteiger partial charge in [-0.15, -0.1) is 13.2 Å². The number of aromatic nitrogens is 4. The average molecular weight is 699 g/mol. The standard InChI is InChI=1S/C24H21ClF4IN4O4P/c1-32-21-20(22(35)33(23(32)36)9-2-10-37-39-30)34(13-14-3-5-16(25)6-4-14)19(31-21)12-15-11-17(7-8-18(15)26)38-24(27,28)29/h3-8,11,39H,2,9-10,12-13H2,1H3. The van der Waals surface area contributed by atoms with E-state index in [0.29, 0.717) is 18.1 Å². The lowest BCUT2D eigenvalue weighted by molar-refractivity contribution is -0.274. The van der Waals surface area contributed by atoms with Crippen molar-refractivity contribution >= 4 is 51.3 Å². The fourth-order valence-corrected chi connectivity index (χ4v) is 5.09. The SMILES string of the molecule is Cn1c(=O)n(CCCOPI)c(=O)c2c1nc(Cc1cc(OC(F)(F)F)ccc1F)n2Cc1ccc(Cl)cc1. The van der Waals surface area contributed by atoms with Gasteiger partial charge in [-0.1, -0.05) is 23.7 Å². The molecule has 0 aliphatic carbocycles. The monoisotopic (exact) mass is 698 g/mol. The number of hydrogen-bond donors (Lipinski definition) is 0. The van der Waals surface area contributed by atoms with E-state index in [1.807, 2.05) is 0 Å². The molecule has 2 aromatic heterocycles. The van der Waals surface area contributed by atoms with Crippen molar-refractivity contribution in [2.45, 2.75) is 32.3 Å². The minimum absolute atomic E-state index is 0.0679. The lowest BCUT2D eigenvalue weighted by Gasteiger charge is -2.13. The van der Waals surface area contributed by atoms with Crippen molar-refractivity contribution in [2.75, 3.05) is 6.61 Å². The summed E-state index contributed by atoms with van der Waals surface area (Å²) >= 11 is 8.08. The van der Waals surface area contributed by atoms with E-state index in [-0.39, 0.29) is 48.5 Å². The van der Waals surface area contributed by atoms with Gasteiger partial charge in [-0.2, -0.15) is 0 Å². The largest absolute Gasteiger partial charge is 0.573 e. The fraction of sp³-hybridized carbons (Fsp3) is 0.292. The van der Waals surface area contributed by atoms with Gasteiger partial charge >= 0.3 is 12.1 Å². The summed E-state index contributed by atoms with van der Waals surface area (Å²) in [6, 6.07) is 9.46. The molecule has 0 N–H and O–H groups in total. The Morgan fingerprint density at radius 3 is 2.49 bits per heavy atom. The molecule has 2 aromatic carbocycles. The average Bonchev–Trinajstić information content (AvgIpc) is 3.22. The maximum absolute atomic E-state index is 14.7. The van der Waals surface area contributed by atoms with E-state index >= 15 is 0 Å². The number of nitrogens with zero attached hydrogens (tertiary/aromatic N) is 4. The van der Waals surface area contributed by atoms with Crippen molar-refractivity contribution in [3.8, 4) is 5.75 Å². The first-order valence-electron chi connectivity index (χ1n) is 11.4. The molecule has 1 unspecified atom stereocenters. The number of hydrogen-bond acceptors (Lipinski definition) is 5. The summed E-state index contributed by atoms with van der Waals surface area (Å²) in [5.41, 5.74) is -0.413. The Morgan fingerprint density at radius 2 is 1.82 bits per heavy atom. The maximum Gasteiger partial charge on any atom is 0.573 e. The molecule has 0 aliphatic rings. The van der Waals surface area contributed by atoms with Gasteiger partial charge in [0.1, 0.15) is 17.4 Å². The van der Waals surface area contributed by atoms with E-state index < -0.39 is 29.2 Å². The number of imidazole rings is 1. The van der Waals surface area contributed by atoms with Crippen molar-refractivity contribution < 1.29 is 26.8 Å². The van der Waals surface area contributed by atoms with E-state index in [0.717, 1.165) is 28.3 Å². The molecule has 0 spiro atoms. The molecule has 0 amide bonds. The molecule has 8 nitrogen and oxygen atoms in total. The highest BCUT2D eigenvalue weighted by atomic mass is 127. The minimum Gasteiger partial charge on any atom is -0.406 e. The molecule has 0 fully saturated rings. The molecule has 15 heteroatoms. The molecular weight excluding hydrogens is 678 g/mol. The van der Waals surface area contributed by atoms with Crippen molar-refractivity contribution in [1.29, 1.82) is 0 Å². The number of alkyl halides is 3. The minimum atomic E-state index is -4.96. The normalized spacial score (nSPS) is 12.2. The molecule has 1 atom stereocenters. The second kappa shape index (κ2) is 12.4. The van der Waals surface area contributed by atoms with E-state index in [2.05, 4.69) is 31.8 Å². The Kier molecular flexibility index (Phi) is 9.35. The number of fused-ring (bicyclic) bond motifs is 1. The molecule has 0 saturated heterocycles. The van der Waals surface area contributed by atoms with E-state index in [9.17, 15) is 27.2 Å². The summed E-state index contributed by atoms with van der Waals surface area (Å²) in [6.07, 6.45) is -4.81. The van der Waals surface area contributed by atoms with Crippen LogP contribution in [0.2, 0.25) is 5.02 Å². The van der Waals surface area contributed by atoms with Gasteiger partial charge in [0.05, 0.1) is 13.1 Å². The molecule has 39 heavy (non-hydrogen) atoms. The van der Waals surface area contributed by atoms with Gasteiger partial charge in [0.25, 0.3) is 5.56 Å². The molecule has 0 aliphatic heterocycles. The van der Waals surface area contributed by atoms with E-state index in [1.54, 1.807) is 24.3 Å². The Morgan fingerprint density at radius 1 is 1.10 bits per heavy atom. The van der Waals surface area contributed by atoms with Crippen LogP contribution in [0.5, 0.6) is 5.75 Å². The van der Waals surface area contributed by atoms with Crippen LogP contribution in [0.1, 0.15) is 23.4 Å². The zero-order valence-corrected chi connectivity index (χ0v) is 24.2. The lowest BCUT2D eigenvalue weighted by atomic mass is 10.1. The highest BCUT2D eigenvalue weighted by Crippen LogP contribution is 2.27. The lowest BCUT2D eigenvalue weighted by Crippen LogP contribution is -2.40. The third kappa shape index (κ3) is 7.00. The van der Waals surface area contributed by atoms with Gasteiger partial charge in [0.2, 0.25) is 0 Å². The van der Waals surface area contributed by atoms with Crippen LogP contribution in [0.15, 0.2) is 52.1 Å². The van der Waals surface area contributed by atoms with Crippen LogP contribution in [-0.2, 0) is 31.1 Å². The summed E-state index contributed by atoms with van der Waals surface area (Å²) in [7, 11) is 1.46. The van der Waals surface area contributed by atoms with Crippen LogP contribution >= 0.6 is 40.1 Å². The zero-order valence-electron chi connectivity index (χ0n) is 20.3. The summed E-state index contributed by atoms with van der Waals surface area (Å²) < 4.78 is 66.1. The van der Waals surface area contributed by atoms with Crippen LogP contribution in [-0.4, -0.2) is 31.7 Å². The fourth-order valence-electron chi connectivity index (χ4n) is 4.08. The van der Waals surface area contributed by atoms with Crippen molar-refractivity contribution in [1.82, 2.24) is 18.7 Å². The molecule has 0 radical (unpaired) electrons. The first-order chi connectivity index (χ1) is 18.5. The summed E-state index contributed by atoms with van der Waals surface area (Å²) in [5.74, 6) is -1.21. The van der Waals surface area contributed by atoms with Crippen molar-refractivity contribution in [3.05, 3.63) is 91.1 Å². The van der Waals surface area contributed by atoms with Crippen molar-refractivity contribution in [2.24, 2.45) is 7.05 Å². The van der Waals surface area contributed by atoms with Gasteiger partial charge in [-0.3, -0.25) is 13.9 Å². The Bertz CT molecular complexity index is 1610. The second-order valence-electron chi connectivity index (χ2n) is 8.47. The Labute approximate surface area is 238 Å². The maximum atomic E-state index is 14.7. The predicted molar refractivity (Wildman–Crippen MR) is 149 cm³/mol. The van der Waals surface area contributed by atoms with E-state index in [4.69, 9.17) is 16.1 Å². The molecule has 208 valence electrons. The van der Waals surface area contributed by atoms with Gasteiger partial charge in [-0.25, -0.2) is 14.2 Å². The highest BCUT2D eigenvalue weighted by molar-refractivity contribution is 14.2. The topological polar surface area (TPSA) is 80.3 Å². The van der Waals surface area contributed by atoms with Crippen LogP contribution in [0.3, 0.4) is 0 Å². The predicted octanol–water partition coefficient (Wildman–Crippen LogP) is 5.58.